The monoisotopic (exact) mass is 457 g/mol. The Bertz CT molecular complexity index is 1220. The molecule has 3 aromatic carbocycles. The van der Waals surface area contributed by atoms with Crippen molar-refractivity contribution in [1.82, 2.24) is 5.32 Å². The molecule has 1 saturated heterocycles. The zero-order valence-corrected chi connectivity index (χ0v) is 18.4. The number of ether oxygens (including phenoxy) is 1. The largest absolute Gasteiger partial charge is 0.478 e. The van der Waals surface area contributed by atoms with Crippen molar-refractivity contribution in [2.24, 2.45) is 0 Å². The van der Waals surface area contributed by atoms with E-state index in [0.29, 0.717) is 16.9 Å². The second-order valence-corrected chi connectivity index (χ2v) is 10.1. The maximum absolute atomic E-state index is 13.6. The van der Waals surface area contributed by atoms with Crippen LogP contribution in [-0.4, -0.2) is 37.5 Å². The molecule has 2 atom stereocenters. The summed E-state index contributed by atoms with van der Waals surface area (Å²) in [5, 5.41) is 14.1. The first-order chi connectivity index (χ1) is 14.9. The number of hydrogen-bond donors (Lipinski definition) is 3. The summed E-state index contributed by atoms with van der Waals surface area (Å²) in [5.74, 6) is -1.04. The molecule has 1 aliphatic rings. The molecule has 4 rings (SSSR count). The van der Waals surface area contributed by atoms with Gasteiger partial charge in [-0.1, -0.05) is 36.4 Å². The smallest absolute Gasteiger partial charge is 0.335 e. The standard InChI is InChI=1S/C23H23NO5S2/c25-22(26)17-7-3-5-15(11-17)14-29-23(20-9-4-10-24-20)31(27,28)18-12-16-6-1-2-8-19(16)21(30)13-18/h1-3,5-8,11-13,20,23-24,30H,4,9-10,14H2,(H,25,26). The van der Waals surface area contributed by atoms with Crippen LogP contribution in [0, 0.1) is 0 Å². The minimum Gasteiger partial charge on any atom is -0.478 e. The lowest BCUT2D eigenvalue weighted by atomic mass is 10.1. The molecule has 2 unspecified atom stereocenters. The Hall–Kier alpha value is -2.39. The van der Waals surface area contributed by atoms with E-state index in [2.05, 4.69) is 17.9 Å². The molecule has 1 fully saturated rings. The Labute approximate surface area is 186 Å². The fourth-order valence-electron chi connectivity index (χ4n) is 3.90. The number of rotatable bonds is 7. The van der Waals surface area contributed by atoms with Crippen LogP contribution >= 0.6 is 12.6 Å². The average Bonchev–Trinajstić information content (AvgIpc) is 3.28. The van der Waals surface area contributed by atoms with Crippen LogP contribution < -0.4 is 5.32 Å². The third-order valence-electron chi connectivity index (χ3n) is 5.46. The van der Waals surface area contributed by atoms with E-state index in [-0.39, 0.29) is 23.1 Å². The molecule has 31 heavy (non-hydrogen) atoms. The summed E-state index contributed by atoms with van der Waals surface area (Å²) >= 11 is 4.49. The normalized spacial score (nSPS) is 17.6. The first-order valence-electron chi connectivity index (χ1n) is 9.99. The van der Waals surface area contributed by atoms with Gasteiger partial charge in [0.25, 0.3) is 0 Å². The Balaban J connectivity index is 1.67. The van der Waals surface area contributed by atoms with Gasteiger partial charge in [0.2, 0.25) is 9.84 Å². The predicted molar refractivity (Wildman–Crippen MR) is 121 cm³/mol. The first-order valence-corrected chi connectivity index (χ1v) is 12.0. The van der Waals surface area contributed by atoms with E-state index < -0.39 is 21.2 Å². The molecule has 0 aliphatic carbocycles. The van der Waals surface area contributed by atoms with Gasteiger partial charge in [0.15, 0.2) is 5.44 Å². The number of nitrogens with one attached hydrogen (secondary N) is 1. The van der Waals surface area contributed by atoms with Gasteiger partial charge in [-0.3, -0.25) is 0 Å². The van der Waals surface area contributed by atoms with Gasteiger partial charge in [0.05, 0.1) is 17.1 Å². The molecule has 0 spiro atoms. The van der Waals surface area contributed by atoms with Crippen LogP contribution in [-0.2, 0) is 21.2 Å². The summed E-state index contributed by atoms with van der Waals surface area (Å²) in [6.45, 7) is 0.717. The van der Waals surface area contributed by atoms with Crippen LogP contribution in [0.1, 0.15) is 28.8 Å². The van der Waals surface area contributed by atoms with Crippen LogP contribution in [0.3, 0.4) is 0 Å². The Morgan fingerprint density at radius 3 is 2.71 bits per heavy atom. The van der Waals surface area contributed by atoms with Gasteiger partial charge in [-0.25, -0.2) is 13.2 Å². The zero-order chi connectivity index (χ0) is 22.0. The summed E-state index contributed by atoms with van der Waals surface area (Å²) < 4.78 is 33.2. The summed E-state index contributed by atoms with van der Waals surface area (Å²) in [5.41, 5.74) is -0.363. The molecule has 0 aromatic heterocycles. The van der Waals surface area contributed by atoms with E-state index in [4.69, 9.17) is 4.74 Å². The van der Waals surface area contributed by atoms with Crippen molar-refractivity contribution < 1.29 is 23.1 Å². The molecular formula is C23H23NO5S2. The van der Waals surface area contributed by atoms with Crippen molar-refractivity contribution >= 4 is 39.2 Å². The molecule has 162 valence electrons. The molecule has 0 amide bonds. The van der Waals surface area contributed by atoms with E-state index in [1.165, 1.54) is 12.1 Å². The lowest BCUT2D eigenvalue weighted by molar-refractivity contribution is 0.0685. The quantitative estimate of drug-likeness (QED) is 0.466. The van der Waals surface area contributed by atoms with E-state index in [0.717, 1.165) is 23.7 Å². The van der Waals surface area contributed by atoms with Gasteiger partial charge in [0, 0.05) is 10.9 Å². The van der Waals surface area contributed by atoms with Crippen LogP contribution in [0.5, 0.6) is 0 Å². The molecule has 0 saturated carbocycles. The highest BCUT2D eigenvalue weighted by Gasteiger charge is 2.37. The lowest BCUT2D eigenvalue weighted by Gasteiger charge is -2.25. The Morgan fingerprint density at radius 2 is 1.97 bits per heavy atom. The van der Waals surface area contributed by atoms with Gasteiger partial charge in [-0.15, -0.1) is 12.6 Å². The molecule has 1 heterocycles. The number of fused-ring (bicyclic) bond motifs is 1. The lowest BCUT2D eigenvalue weighted by Crippen LogP contribution is -2.42. The highest BCUT2D eigenvalue weighted by molar-refractivity contribution is 7.92. The van der Waals surface area contributed by atoms with Gasteiger partial charge in [-0.2, -0.15) is 0 Å². The van der Waals surface area contributed by atoms with Crippen molar-refractivity contribution in [2.75, 3.05) is 6.54 Å². The first kappa shape index (κ1) is 21.8. The Morgan fingerprint density at radius 1 is 1.16 bits per heavy atom. The third kappa shape index (κ3) is 4.62. The van der Waals surface area contributed by atoms with Crippen molar-refractivity contribution in [3.63, 3.8) is 0 Å². The number of aromatic carboxylic acids is 1. The van der Waals surface area contributed by atoms with Gasteiger partial charge in [0.1, 0.15) is 0 Å². The van der Waals surface area contributed by atoms with E-state index in [1.807, 2.05) is 24.3 Å². The SMILES string of the molecule is O=C(O)c1cccc(COC(C2CCCN2)S(=O)(=O)c2cc(S)c3ccccc3c2)c1. The summed E-state index contributed by atoms with van der Waals surface area (Å²) in [4.78, 5) is 12.0. The van der Waals surface area contributed by atoms with Gasteiger partial charge in [-0.05, 0) is 60.0 Å². The van der Waals surface area contributed by atoms with Crippen LogP contribution in [0.25, 0.3) is 10.8 Å². The second-order valence-electron chi connectivity index (χ2n) is 7.60. The molecule has 3 aromatic rings. The predicted octanol–water partition coefficient (Wildman–Crippen LogP) is 3.90. The molecule has 0 radical (unpaired) electrons. The van der Waals surface area contributed by atoms with E-state index >= 15 is 0 Å². The molecule has 2 N–H and O–H groups in total. The van der Waals surface area contributed by atoms with Crippen molar-refractivity contribution in [2.45, 2.75) is 40.7 Å². The number of benzene rings is 3. The third-order valence-corrected chi connectivity index (χ3v) is 7.80. The van der Waals surface area contributed by atoms with Crippen LogP contribution in [0.15, 0.2) is 70.5 Å². The zero-order valence-electron chi connectivity index (χ0n) is 16.7. The van der Waals surface area contributed by atoms with Crippen molar-refractivity contribution in [3.8, 4) is 0 Å². The molecular weight excluding hydrogens is 434 g/mol. The van der Waals surface area contributed by atoms with Crippen LogP contribution in [0.4, 0.5) is 0 Å². The van der Waals surface area contributed by atoms with E-state index in [1.54, 1.807) is 24.3 Å². The maximum Gasteiger partial charge on any atom is 0.335 e. The summed E-state index contributed by atoms with van der Waals surface area (Å²) in [6, 6.07) is 16.7. The highest BCUT2D eigenvalue weighted by Crippen LogP contribution is 2.31. The topological polar surface area (TPSA) is 92.7 Å². The minimum atomic E-state index is -3.84. The molecule has 8 heteroatoms. The maximum atomic E-state index is 13.6. The number of carboxylic acid groups (broad SMARTS) is 1. The summed E-state index contributed by atoms with van der Waals surface area (Å²) in [7, 11) is -3.84. The highest BCUT2D eigenvalue weighted by atomic mass is 32.2. The fourth-order valence-corrected chi connectivity index (χ4v) is 6.08. The van der Waals surface area contributed by atoms with E-state index in [9.17, 15) is 18.3 Å². The second kappa shape index (κ2) is 9.00. The van der Waals surface area contributed by atoms with Gasteiger partial charge < -0.3 is 15.2 Å². The minimum absolute atomic E-state index is 0.00941. The molecule has 1 aliphatic heterocycles. The number of hydrogen-bond acceptors (Lipinski definition) is 6. The number of carbonyl (C=O) groups is 1. The summed E-state index contributed by atoms with van der Waals surface area (Å²) in [6.07, 6.45) is 1.55. The van der Waals surface area contributed by atoms with Crippen molar-refractivity contribution in [1.29, 1.82) is 0 Å². The molecule has 0 bridgehead atoms. The number of carboxylic acids is 1. The van der Waals surface area contributed by atoms with Gasteiger partial charge >= 0.3 is 5.97 Å². The molecule has 6 nitrogen and oxygen atoms in total. The number of sulfone groups is 1. The average molecular weight is 458 g/mol. The van der Waals surface area contributed by atoms with Crippen LogP contribution in [0.2, 0.25) is 0 Å². The fraction of sp³-hybridized carbons (Fsp3) is 0.261. The Kier molecular flexibility index (Phi) is 6.34. The number of thiol groups is 1. The van der Waals surface area contributed by atoms with Crippen molar-refractivity contribution in [3.05, 3.63) is 71.8 Å².